The van der Waals surface area contributed by atoms with E-state index < -0.39 is 0 Å². The third-order valence-electron chi connectivity index (χ3n) is 11.1. The molecule has 0 radical (unpaired) electrons. The molecule has 250 valence electrons. The van der Waals surface area contributed by atoms with Crippen LogP contribution in [0.2, 0.25) is 0 Å². The molecule has 0 unspecified atom stereocenters. The molecule has 0 saturated heterocycles. The van der Waals surface area contributed by atoms with E-state index in [2.05, 4.69) is 123 Å². The summed E-state index contributed by atoms with van der Waals surface area (Å²) in [6, 6.07) is 55.4. The van der Waals surface area contributed by atoms with Crippen molar-refractivity contribution in [2.45, 2.75) is 19.3 Å². The first kappa shape index (κ1) is 29.9. The molecule has 3 heterocycles. The zero-order valence-electron chi connectivity index (χ0n) is 29.2. The van der Waals surface area contributed by atoms with Crippen molar-refractivity contribution in [2.75, 3.05) is 0 Å². The summed E-state index contributed by atoms with van der Waals surface area (Å²) in [5.74, 6) is 0.613. The molecule has 4 heteroatoms. The average Bonchev–Trinajstić information content (AvgIpc) is 3.85. The predicted octanol–water partition coefficient (Wildman–Crippen LogP) is 13.2. The molecule has 0 atom stereocenters. The Kier molecular flexibility index (Phi) is 6.27. The number of furan rings is 2. The second-order valence-electron chi connectivity index (χ2n) is 14.5. The highest BCUT2D eigenvalue weighted by atomic mass is 16.3. The van der Waals surface area contributed by atoms with Gasteiger partial charge >= 0.3 is 0 Å². The van der Waals surface area contributed by atoms with E-state index in [0.29, 0.717) is 11.5 Å². The summed E-state index contributed by atoms with van der Waals surface area (Å²) in [5.41, 5.74) is 15.6. The first-order chi connectivity index (χ1) is 26.0. The van der Waals surface area contributed by atoms with Gasteiger partial charge in [0.2, 0.25) is 5.71 Å². The lowest BCUT2D eigenvalue weighted by Crippen LogP contribution is -2.14. The minimum absolute atomic E-state index is 0.0370. The zero-order chi connectivity index (χ0) is 35.3. The molecule has 0 fully saturated rings. The number of rotatable bonds is 4. The molecule has 3 aromatic heterocycles. The van der Waals surface area contributed by atoms with Crippen molar-refractivity contribution in [3.05, 3.63) is 169 Å². The van der Waals surface area contributed by atoms with Gasteiger partial charge in [0.1, 0.15) is 16.7 Å². The maximum absolute atomic E-state index is 6.56. The number of fused-ring (bicyclic) bond motifs is 9. The molecule has 0 saturated carbocycles. The van der Waals surface area contributed by atoms with Crippen LogP contribution >= 0.6 is 0 Å². The second-order valence-corrected chi connectivity index (χ2v) is 14.5. The molecule has 11 rings (SSSR count). The van der Waals surface area contributed by atoms with Crippen LogP contribution in [0, 0.1) is 0 Å². The highest BCUT2D eigenvalue weighted by Gasteiger charge is 2.35. The molecule has 10 aromatic rings. The number of aromatic nitrogens is 2. The Morgan fingerprint density at radius 1 is 0.415 bits per heavy atom. The topological polar surface area (TPSA) is 52.1 Å². The van der Waals surface area contributed by atoms with Gasteiger partial charge in [0, 0.05) is 32.7 Å². The van der Waals surface area contributed by atoms with Gasteiger partial charge in [0.25, 0.3) is 0 Å². The van der Waals surface area contributed by atoms with E-state index in [9.17, 15) is 0 Å². The number of hydrogen-bond acceptors (Lipinski definition) is 4. The highest BCUT2D eigenvalue weighted by molar-refractivity contribution is 6.19. The lowest BCUT2D eigenvalue weighted by atomic mass is 9.82. The van der Waals surface area contributed by atoms with Gasteiger partial charge in [-0.3, -0.25) is 0 Å². The van der Waals surface area contributed by atoms with Crippen LogP contribution in [0.3, 0.4) is 0 Å². The lowest BCUT2D eigenvalue weighted by molar-refractivity contribution is 0.653. The Morgan fingerprint density at radius 3 is 1.81 bits per heavy atom. The average molecular weight is 681 g/mol. The molecule has 53 heavy (non-hydrogen) atoms. The summed E-state index contributed by atoms with van der Waals surface area (Å²) in [5, 5.41) is 3.92. The smallest absolute Gasteiger partial charge is 0.231 e. The van der Waals surface area contributed by atoms with Crippen molar-refractivity contribution in [1.82, 2.24) is 9.97 Å². The SMILES string of the molecule is CC1(C)c2ccccc2-c2cc(-c3ccc4oc5cccc(-c6nc(-c7ccccc7)nc7oc8ccc(-c9ccccc9)cc8c67)c5c4c3)ccc21. The Bertz CT molecular complexity index is 3080. The van der Waals surface area contributed by atoms with Crippen LogP contribution in [0.1, 0.15) is 25.0 Å². The van der Waals surface area contributed by atoms with E-state index in [-0.39, 0.29) is 5.41 Å². The third kappa shape index (κ3) is 4.49. The molecular formula is C49H32N2O2. The standard InChI is InChI=1S/C49H32N2O2/c1-49(2)39-18-10-9-16-34(39)36-26-32(20-23-40(36)49)33-22-24-41-37(28-33)44-35(17-11-19-43(44)52-41)46-45-38-27-31(29-12-5-3-6-13-29)21-25-42(38)53-48(45)51-47(50-46)30-14-7-4-8-15-30/h3-28H,1-2H3. The molecular weight excluding hydrogens is 649 g/mol. The summed E-state index contributed by atoms with van der Waals surface area (Å²) in [6.07, 6.45) is 0. The van der Waals surface area contributed by atoms with Crippen LogP contribution < -0.4 is 0 Å². The molecule has 0 spiro atoms. The van der Waals surface area contributed by atoms with Crippen molar-refractivity contribution in [3.63, 3.8) is 0 Å². The van der Waals surface area contributed by atoms with Gasteiger partial charge in [-0.1, -0.05) is 135 Å². The minimum Gasteiger partial charge on any atom is -0.456 e. The molecule has 0 aliphatic heterocycles. The Hall–Kier alpha value is -6.78. The van der Waals surface area contributed by atoms with E-state index >= 15 is 0 Å². The van der Waals surface area contributed by atoms with Crippen molar-refractivity contribution in [2.24, 2.45) is 0 Å². The van der Waals surface area contributed by atoms with Crippen LogP contribution in [0.25, 0.3) is 100 Å². The molecule has 1 aliphatic rings. The van der Waals surface area contributed by atoms with Crippen LogP contribution in [0.15, 0.2) is 167 Å². The van der Waals surface area contributed by atoms with Gasteiger partial charge < -0.3 is 8.83 Å². The van der Waals surface area contributed by atoms with Gasteiger partial charge in [-0.25, -0.2) is 4.98 Å². The number of benzene rings is 7. The van der Waals surface area contributed by atoms with E-state index in [1.807, 2.05) is 48.5 Å². The van der Waals surface area contributed by atoms with Crippen molar-refractivity contribution >= 4 is 44.0 Å². The van der Waals surface area contributed by atoms with Crippen LogP contribution in [0.4, 0.5) is 0 Å². The zero-order valence-corrected chi connectivity index (χ0v) is 29.2. The molecule has 0 bridgehead atoms. The molecule has 7 aromatic carbocycles. The molecule has 4 nitrogen and oxygen atoms in total. The third-order valence-corrected chi connectivity index (χ3v) is 11.1. The fraction of sp³-hybridized carbons (Fsp3) is 0.0612. The van der Waals surface area contributed by atoms with E-state index in [0.717, 1.165) is 71.8 Å². The summed E-state index contributed by atoms with van der Waals surface area (Å²) in [7, 11) is 0. The van der Waals surface area contributed by atoms with Gasteiger partial charge in [-0.2, -0.15) is 4.98 Å². The normalized spacial score (nSPS) is 13.2. The lowest BCUT2D eigenvalue weighted by Gasteiger charge is -2.21. The number of hydrogen-bond donors (Lipinski definition) is 0. The van der Waals surface area contributed by atoms with Gasteiger partial charge in [0.15, 0.2) is 5.82 Å². The largest absolute Gasteiger partial charge is 0.456 e. The van der Waals surface area contributed by atoms with Crippen molar-refractivity contribution < 1.29 is 8.83 Å². The fourth-order valence-corrected chi connectivity index (χ4v) is 8.50. The predicted molar refractivity (Wildman–Crippen MR) is 216 cm³/mol. The first-order valence-electron chi connectivity index (χ1n) is 18.1. The first-order valence-corrected chi connectivity index (χ1v) is 18.1. The monoisotopic (exact) mass is 680 g/mol. The van der Waals surface area contributed by atoms with E-state index in [1.165, 1.54) is 27.8 Å². The summed E-state index contributed by atoms with van der Waals surface area (Å²) < 4.78 is 13.1. The molecule has 1 aliphatic carbocycles. The molecule has 0 amide bonds. The maximum Gasteiger partial charge on any atom is 0.231 e. The van der Waals surface area contributed by atoms with Gasteiger partial charge in [0.05, 0.1) is 11.1 Å². The van der Waals surface area contributed by atoms with Crippen LogP contribution in [-0.2, 0) is 5.41 Å². The quantitative estimate of drug-likeness (QED) is 0.186. The van der Waals surface area contributed by atoms with E-state index in [4.69, 9.17) is 18.8 Å². The van der Waals surface area contributed by atoms with Crippen LogP contribution in [0.5, 0.6) is 0 Å². The van der Waals surface area contributed by atoms with Crippen LogP contribution in [-0.4, -0.2) is 9.97 Å². The highest BCUT2D eigenvalue weighted by Crippen LogP contribution is 2.50. The van der Waals surface area contributed by atoms with Gasteiger partial charge in [-0.15, -0.1) is 0 Å². The maximum atomic E-state index is 6.56. The van der Waals surface area contributed by atoms with Gasteiger partial charge in [-0.05, 0) is 80.9 Å². The summed E-state index contributed by atoms with van der Waals surface area (Å²) >= 11 is 0. The van der Waals surface area contributed by atoms with E-state index in [1.54, 1.807) is 0 Å². The fourth-order valence-electron chi connectivity index (χ4n) is 8.50. The Balaban J connectivity index is 1.16. The van der Waals surface area contributed by atoms with Crippen molar-refractivity contribution in [3.8, 4) is 56.0 Å². The van der Waals surface area contributed by atoms with Crippen molar-refractivity contribution in [1.29, 1.82) is 0 Å². The molecule has 0 N–H and O–H groups in total. The Labute approximate surface area is 306 Å². The summed E-state index contributed by atoms with van der Waals surface area (Å²) in [6.45, 7) is 4.64. The Morgan fingerprint density at radius 2 is 1.02 bits per heavy atom. The number of nitrogens with zero attached hydrogens (tertiary/aromatic N) is 2. The second kappa shape index (κ2) is 11.1. The minimum atomic E-state index is -0.0370. The summed E-state index contributed by atoms with van der Waals surface area (Å²) in [4.78, 5) is 10.4.